The van der Waals surface area contributed by atoms with E-state index in [4.69, 9.17) is 5.73 Å². The van der Waals surface area contributed by atoms with Crippen molar-refractivity contribution in [1.82, 2.24) is 4.90 Å². The van der Waals surface area contributed by atoms with Crippen molar-refractivity contribution in [3.63, 3.8) is 0 Å². The third kappa shape index (κ3) is 3.07. The van der Waals surface area contributed by atoms with Gasteiger partial charge >= 0.3 is 0 Å². The monoisotopic (exact) mass is 252 g/mol. The van der Waals surface area contributed by atoms with Crippen molar-refractivity contribution in [2.24, 2.45) is 11.7 Å². The first-order chi connectivity index (χ1) is 8.60. The molecule has 0 radical (unpaired) electrons. The molecule has 1 aromatic carbocycles. The van der Waals surface area contributed by atoms with Gasteiger partial charge in [0.15, 0.2) is 0 Å². The standard InChI is InChI=1S/C14H21FN2O/c1-10-8-17(5-4-14(10)18)9-11-2-3-13(15)6-12(11)7-16/h2-3,6,10,14,18H,4-5,7-9,16H2,1H3. The van der Waals surface area contributed by atoms with E-state index in [2.05, 4.69) is 11.8 Å². The number of likely N-dealkylation sites (tertiary alicyclic amines) is 1. The van der Waals surface area contributed by atoms with Crippen LogP contribution in [-0.4, -0.2) is 29.2 Å². The zero-order chi connectivity index (χ0) is 13.1. The van der Waals surface area contributed by atoms with Gasteiger partial charge in [0.05, 0.1) is 6.10 Å². The summed E-state index contributed by atoms with van der Waals surface area (Å²) in [5.41, 5.74) is 7.60. The summed E-state index contributed by atoms with van der Waals surface area (Å²) in [6.07, 6.45) is 0.615. The lowest BCUT2D eigenvalue weighted by molar-refractivity contribution is 0.0319. The summed E-state index contributed by atoms with van der Waals surface area (Å²) in [7, 11) is 0. The van der Waals surface area contributed by atoms with Crippen LogP contribution in [0.15, 0.2) is 18.2 Å². The molecule has 0 spiro atoms. The van der Waals surface area contributed by atoms with Crippen LogP contribution < -0.4 is 5.73 Å². The van der Waals surface area contributed by atoms with E-state index in [1.165, 1.54) is 12.1 Å². The molecule has 2 rings (SSSR count). The average molecular weight is 252 g/mol. The van der Waals surface area contributed by atoms with Gasteiger partial charge in [-0.05, 0) is 35.6 Å². The Labute approximate surface area is 107 Å². The van der Waals surface area contributed by atoms with Crippen LogP contribution in [0.2, 0.25) is 0 Å². The van der Waals surface area contributed by atoms with Crippen molar-refractivity contribution in [3.05, 3.63) is 35.1 Å². The molecular weight excluding hydrogens is 231 g/mol. The summed E-state index contributed by atoms with van der Waals surface area (Å²) < 4.78 is 13.1. The zero-order valence-corrected chi connectivity index (χ0v) is 10.8. The van der Waals surface area contributed by atoms with Crippen molar-refractivity contribution < 1.29 is 9.50 Å². The van der Waals surface area contributed by atoms with E-state index < -0.39 is 0 Å². The molecule has 2 unspecified atom stereocenters. The van der Waals surface area contributed by atoms with Gasteiger partial charge in [-0.15, -0.1) is 0 Å². The molecule has 18 heavy (non-hydrogen) atoms. The minimum Gasteiger partial charge on any atom is -0.393 e. The maximum atomic E-state index is 13.1. The fourth-order valence-corrected chi connectivity index (χ4v) is 2.54. The topological polar surface area (TPSA) is 49.5 Å². The third-order valence-corrected chi connectivity index (χ3v) is 3.73. The van der Waals surface area contributed by atoms with Gasteiger partial charge in [0.2, 0.25) is 0 Å². The van der Waals surface area contributed by atoms with Crippen LogP contribution in [-0.2, 0) is 13.1 Å². The molecule has 0 amide bonds. The van der Waals surface area contributed by atoms with Crippen molar-refractivity contribution in [3.8, 4) is 0 Å². The molecule has 4 heteroatoms. The Bertz CT molecular complexity index is 411. The third-order valence-electron chi connectivity index (χ3n) is 3.73. The Morgan fingerprint density at radius 3 is 2.89 bits per heavy atom. The number of aliphatic hydroxyl groups excluding tert-OH is 1. The molecule has 0 saturated carbocycles. The molecular formula is C14H21FN2O. The van der Waals surface area contributed by atoms with Gasteiger partial charge in [-0.25, -0.2) is 4.39 Å². The minimum absolute atomic E-state index is 0.191. The maximum absolute atomic E-state index is 13.1. The fraction of sp³-hybridized carbons (Fsp3) is 0.571. The highest BCUT2D eigenvalue weighted by atomic mass is 19.1. The van der Waals surface area contributed by atoms with Gasteiger partial charge in [-0.3, -0.25) is 4.90 Å². The van der Waals surface area contributed by atoms with Crippen molar-refractivity contribution in [2.75, 3.05) is 13.1 Å². The van der Waals surface area contributed by atoms with Gasteiger partial charge < -0.3 is 10.8 Å². The molecule has 1 aromatic rings. The van der Waals surface area contributed by atoms with E-state index in [1.54, 1.807) is 0 Å². The molecule has 1 saturated heterocycles. The van der Waals surface area contributed by atoms with Crippen LogP contribution >= 0.6 is 0 Å². The molecule has 2 atom stereocenters. The number of piperidine rings is 1. The lowest BCUT2D eigenvalue weighted by Gasteiger charge is -2.34. The molecule has 1 aliphatic heterocycles. The molecule has 0 aromatic heterocycles. The number of nitrogens with zero attached hydrogens (tertiary/aromatic N) is 1. The number of nitrogens with two attached hydrogens (primary N) is 1. The average Bonchev–Trinajstić information content (AvgIpc) is 2.36. The largest absolute Gasteiger partial charge is 0.393 e. The smallest absolute Gasteiger partial charge is 0.123 e. The zero-order valence-electron chi connectivity index (χ0n) is 10.8. The van der Waals surface area contributed by atoms with Crippen LogP contribution in [0.25, 0.3) is 0 Å². The molecule has 1 fully saturated rings. The Hall–Kier alpha value is -0.970. The van der Waals surface area contributed by atoms with Crippen molar-refractivity contribution >= 4 is 0 Å². The first-order valence-electron chi connectivity index (χ1n) is 6.48. The first kappa shape index (κ1) is 13.5. The highest BCUT2D eigenvalue weighted by Gasteiger charge is 2.24. The van der Waals surface area contributed by atoms with E-state index >= 15 is 0 Å². The quantitative estimate of drug-likeness (QED) is 0.857. The van der Waals surface area contributed by atoms with Gasteiger partial charge in [-0.1, -0.05) is 13.0 Å². The van der Waals surface area contributed by atoms with Crippen LogP contribution in [0, 0.1) is 11.7 Å². The molecule has 3 nitrogen and oxygen atoms in total. The fourth-order valence-electron chi connectivity index (χ4n) is 2.54. The number of halogens is 1. The van der Waals surface area contributed by atoms with Gasteiger partial charge in [-0.2, -0.15) is 0 Å². The van der Waals surface area contributed by atoms with E-state index in [0.717, 1.165) is 37.2 Å². The SMILES string of the molecule is CC1CN(Cc2ccc(F)cc2CN)CCC1O. The second-order valence-corrected chi connectivity index (χ2v) is 5.19. The van der Waals surface area contributed by atoms with E-state index in [9.17, 15) is 9.50 Å². The predicted molar refractivity (Wildman–Crippen MR) is 69.4 cm³/mol. The Morgan fingerprint density at radius 2 is 2.22 bits per heavy atom. The molecule has 1 aliphatic rings. The second kappa shape index (κ2) is 5.78. The van der Waals surface area contributed by atoms with Gasteiger partial charge in [0, 0.05) is 26.2 Å². The van der Waals surface area contributed by atoms with Crippen molar-refractivity contribution in [2.45, 2.75) is 32.5 Å². The van der Waals surface area contributed by atoms with Crippen LogP contribution in [0.3, 0.4) is 0 Å². The summed E-state index contributed by atoms with van der Waals surface area (Å²) in [6, 6.07) is 4.81. The maximum Gasteiger partial charge on any atom is 0.123 e. The first-order valence-corrected chi connectivity index (χ1v) is 6.48. The lowest BCUT2D eigenvalue weighted by atomic mass is 9.96. The van der Waals surface area contributed by atoms with Crippen LogP contribution in [0.1, 0.15) is 24.5 Å². The van der Waals surface area contributed by atoms with Gasteiger partial charge in [0.1, 0.15) is 5.82 Å². The van der Waals surface area contributed by atoms with Crippen molar-refractivity contribution in [1.29, 1.82) is 0 Å². The highest BCUT2D eigenvalue weighted by molar-refractivity contribution is 5.27. The Kier molecular flexibility index (Phi) is 4.32. The van der Waals surface area contributed by atoms with Gasteiger partial charge in [0.25, 0.3) is 0 Å². The lowest BCUT2D eigenvalue weighted by Crippen LogP contribution is -2.41. The summed E-state index contributed by atoms with van der Waals surface area (Å²) in [6.45, 7) is 4.96. The number of hydrogen-bond acceptors (Lipinski definition) is 3. The molecule has 1 heterocycles. The predicted octanol–water partition coefficient (Wildman–Crippen LogP) is 1.49. The van der Waals surface area contributed by atoms with Crippen LogP contribution in [0.4, 0.5) is 4.39 Å². The van der Waals surface area contributed by atoms with E-state index in [1.807, 2.05) is 6.07 Å². The normalized spacial score (nSPS) is 25.3. The molecule has 0 aliphatic carbocycles. The summed E-state index contributed by atoms with van der Waals surface area (Å²) in [5, 5.41) is 9.70. The molecule has 3 N–H and O–H groups in total. The van der Waals surface area contributed by atoms with Crippen LogP contribution in [0.5, 0.6) is 0 Å². The number of hydrogen-bond donors (Lipinski definition) is 2. The molecule has 100 valence electrons. The number of benzene rings is 1. The second-order valence-electron chi connectivity index (χ2n) is 5.19. The highest BCUT2D eigenvalue weighted by Crippen LogP contribution is 2.20. The number of rotatable bonds is 3. The summed E-state index contributed by atoms with van der Waals surface area (Å²) in [5.74, 6) is 0.0576. The number of aliphatic hydroxyl groups is 1. The Morgan fingerprint density at radius 1 is 1.44 bits per heavy atom. The molecule has 0 bridgehead atoms. The Balaban J connectivity index is 2.05. The summed E-state index contributed by atoms with van der Waals surface area (Å²) in [4.78, 5) is 2.30. The van der Waals surface area contributed by atoms with E-state index in [0.29, 0.717) is 12.5 Å². The summed E-state index contributed by atoms with van der Waals surface area (Å²) >= 11 is 0. The minimum atomic E-state index is -0.235. The van der Waals surface area contributed by atoms with E-state index in [-0.39, 0.29) is 11.9 Å².